The molecule has 2 N–H and O–H groups in total. The molecule has 0 aliphatic carbocycles. The molecule has 1 unspecified atom stereocenters. The Bertz CT molecular complexity index is 1620. The molecule has 35 heavy (non-hydrogen) atoms. The van der Waals surface area contributed by atoms with Crippen LogP contribution in [0.25, 0.3) is 32.6 Å². The van der Waals surface area contributed by atoms with Gasteiger partial charge in [-0.3, -0.25) is 9.59 Å². The van der Waals surface area contributed by atoms with Crippen LogP contribution in [0.15, 0.2) is 71.8 Å². The van der Waals surface area contributed by atoms with Crippen molar-refractivity contribution in [3.05, 3.63) is 93.1 Å². The summed E-state index contributed by atoms with van der Waals surface area (Å²) >= 11 is 7.60. The Balaban J connectivity index is 1.55. The van der Waals surface area contributed by atoms with Crippen LogP contribution in [-0.4, -0.2) is 20.4 Å². The van der Waals surface area contributed by atoms with Crippen molar-refractivity contribution in [1.82, 2.24) is 14.5 Å². The molecule has 1 aromatic carbocycles. The summed E-state index contributed by atoms with van der Waals surface area (Å²) in [5, 5.41) is 3.41. The van der Waals surface area contributed by atoms with E-state index in [4.69, 9.17) is 11.6 Å². The SMILES string of the molecule is CC(C(=O)Nc1cc(-c2[nH]c3ccn(C)c(=O)c3c2-c2ccc(Cl)s2)ccn1)c1ccc(F)cc1. The zero-order valence-corrected chi connectivity index (χ0v) is 20.4. The number of anilines is 1. The molecular weight excluding hydrogens is 487 g/mol. The fourth-order valence-corrected chi connectivity index (χ4v) is 5.10. The van der Waals surface area contributed by atoms with Gasteiger partial charge < -0.3 is 14.9 Å². The summed E-state index contributed by atoms with van der Waals surface area (Å²) in [5.74, 6) is -0.757. The van der Waals surface area contributed by atoms with E-state index in [2.05, 4.69) is 15.3 Å². The van der Waals surface area contributed by atoms with E-state index in [0.717, 1.165) is 21.7 Å². The number of nitrogens with one attached hydrogen (secondary N) is 2. The molecule has 0 bridgehead atoms. The Morgan fingerprint density at radius 2 is 1.94 bits per heavy atom. The van der Waals surface area contributed by atoms with Gasteiger partial charge in [-0.1, -0.05) is 23.7 Å². The van der Waals surface area contributed by atoms with E-state index in [1.54, 1.807) is 50.6 Å². The van der Waals surface area contributed by atoms with Crippen molar-refractivity contribution in [2.75, 3.05) is 5.32 Å². The molecule has 0 saturated heterocycles. The van der Waals surface area contributed by atoms with Crippen LogP contribution >= 0.6 is 22.9 Å². The van der Waals surface area contributed by atoms with E-state index >= 15 is 0 Å². The Hall–Kier alpha value is -3.75. The van der Waals surface area contributed by atoms with Gasteiger partial charge in [0.25, 0.3) is 5.56 Å². The molecule has 0 fully saturated rings. The second-order valence-electron chi connectivity index (χ2n) is 8.19. The van der Waals surface area contributed by atoms with Crippen LogP contribution in [0.5, 0.6) is 0 Å². The standard InChI is InChI=1S/C26H20ClFN4O2S/c1-14(15-3-5-17(28)6-4-15)25(33)31-21-13-16(9-11-29-21)24-23(19-7-8-20(27)35-19)22-18(30-24)10-12-32(2)26(22)34/h3-14,30H,1-2H3,(H,29,31,33). The zero-order chi connectivity index (χ0) is 24.7. The van der Waals surface area contributed by atoms with Crippen LogP contribution < -0.4 is 10.9 Å². The van der Waals surface area contributed by atoms with E-state index in [9.17, 15) is 14.0 Å². The van der Waals surface area contributed by atoms with Crippen molar-refractivity contribution in [3.8, 4) is 21.7 Å². The lowest BCUT2D eigenvalue weighted by molar-refractivity contribution is -0.117. The number of pyridine rings is 2. The zero-order valence-electron chi connectivity index (χ0n) is 18.8. The maximum atomic E-state index is 13.2. The van der Waals surface area contributed by atoms with Gasteiger partial charge in [-0.25, -0.2) is 9.37 Å². The minimum atomic E-state index is -0.499. The molecule has 0 radical (unpaired) electrons. The van der Waals surface area contributed by atoms with Crippen molar-refractivity contribution < 1.29 is 9.18 Å². The summed E-state index contributed by atoms with van der Waals surface area (Å²) in [4.78, 5) is 34.4. The largest absolute Gasteiger partial charge is 0.354 e. The topological polar surface area (TPSA) is 79.8 Å². The van der Waals surface area contributed by atoms with Crippen molar-refractivity contribution >= 4 is 45.6 Å². The van der Waals surface area contributed by atoms with Gasteiger partial charge in [0.2, 0.25) is 5.91 Å². The molecule has 0 saturated carbocycles. The van der Waals surface area contributed by atoms with Gasteiger partial charge >= 0.3 is 0 Å². The Labute approximate surface area is 209 Å². The number of halogens is 2. The number of nitrogens with zero attached hydrogens (tertiary/aromatic N) is 2. The van der Waals surface area contributed by atoms with Crippen LogP contribution in [0.1, 0.15) is 18.4 Å². The lowest BCUT2D eigenvalue weighted by Crippen LogP contribution is -2.19. The van der Waals surface area contributed by atoms with E-state index in [0.29, 0.717) is 26.6 Å². The van der Waals surface area contributed by atoms with Crippen LogP contribution in [0, 0.1) is 5.82 Å². The highest BCUT2D eigenvalue weighted by atomic mass is 35.5. The first-order chi connectivity index (χ1) is 16.8. The predicted molar refractivity (Wildman–Crippen MR) is 139 cm³/mol. The number of carbonyl (C=O) groups excluding carboxylic acids is 1. The maximum Gasteiger partial charge on any atom is 0.260 e. The van der Waals surface area contributed by atoms with Crippen molar-refractivity contribution in [2.24, 2.45) is 7.05 Å². The molecule has 5 rings (SSSR count). The van der Waals surface area contributed by atoms with E-state index in [1.807, 2.05) is 18.2 Å². The number of fused-ring (bicyclic) bond motifs is 1. The first-order valence-electron chi connectivity index (χ1n) is 10.8. The van der Waals surface area contributed by atoms with Crippen molar-refractivity contribution in [3.63, 3.8) is 0 Å². The molecule has 0 aliphatic rings. The summed E-state index contributed by atoms with van der Waals surface area (Å²) in [7, 11) is 1.71. The van der Waals surface area contributed by atoms with Gasteiger partial charge in [0.15, 0.2) is 0 Å². The van der Waals surface area contributed by atoms with Crippen molar-refractivity contribution in [2.45, 2.75) is 12.8 Å². The smallest absolute Gasteiger partial charge is 0.260 e. The number of benzene rings is 1. The lowest BCUT2D eigenvalue weighted by atomic mass is 10.0. The third-order valence-electron chi connectivity index (χ3n) is 5.91. The molecule has 1 atom stereocenters. The average molecular weight is 507 g/mol. The number of rotatable bonds is 5. The van der Waals surface area contributed by atoms with Crippen LogP contribution in [0.4, 0.5) is 10.2 Å². The number of hydrogen-bond donors (Lipinski definition) is 2. The quantitative estimate of drug-likeness (QED) is 0.298. The van der Waals surface area contributed by atoms with E-state index < -0.39 is 5.92 Å². The first-order valence-corrected chi connectivity index (χ1v) is 12.0. The Kier molecular flexibility index (Phi) is 6.00. The summed E-state index contributed by atoms with van der Waals surface area (Å²) in [6.45, 7) is 1.75. The normalized spacial score (nSPS) is 12.1. The number of thiophene rings is 1. The number of hydrogen-bond acceptors (Lipinski definition) is 4. The highest BCUT2D eigenvalue weighted by molar-refractivity contribution is 7.19. The number of aromatic nitrogens is 3. The fraction of sp³-hybridized carbons (Fsp3) is 0.115. The van der Waals surface area contributed by atoms with Gasteiger partial charge in [-0.2, -0.15) is 0 Å². The fourth-order valence-electron chi connectivity index (χ4n) is 4.00. The van der Waals surface area contributed by atoms with E-state index in [1.165, 1.54) is 28.0 Å². The maximum absolute atomic E-state index is 13.2. The lowest BCUT2D eigenvalue weighted by Gasteiger charge is -2.13. The van der Waals surface area contributed by atoms with Crippen LogP contribution in [-0.2, 0) is 11.8 Å². The molecule has 4 heterocycles. The number of H-pyrrole nitrogens is 1. The first kappa shape index (κ1) is 23.0. The molecule has 0 spiro atoms. The third kappa shape index (κ3) is 4.38. The second kappa shape index (κ2) is 9.13. The van der Waals surface area contributed by atoms with E-state index in [-0.39, 0.29) is 17.3 Å². The third-order valence-corrected chi connectivity index (χ3v) is 7.16. The monoisotopic (exact) mass is 506 g/mol. The molecule has 5 aromatic rings. The highest BCUT2D eigenvalue weighted by Crippen LogP contribution is 2.41. The van der Waals surface area contributed by atoms with Gasteiger partial charge in [-0.05, 0) is 55.0 Å². The second-order valence-corrected chi connectivity index (χ2v) is 9.91. The molecule has 1 amide bonds. The van der Waals surface area contributed by atoms with Crippen LogP contribution in [0.2, 0.25) is 4.34 Å². The molecule has 176 valence electrons. The summed E-state index contributed by atoms with van der Waals surface area (Å²) in [6, 6.07) is 14.9. The number of aryl methyl sites for hydroxylation is 1. The molecule has 6 nitrogen and oxygen atoms in total. The average Bonchev–Trinajstić information content (AvgIpc) is 3.45. The van der Waals surface area contributed by atoms with Gasteiger partial charge in [0, 0.05) is 35.4 Å². The predicted octanol–water partition coefficient (Wildman–Crippen LogP) is 6.19. The minimum absolute atomic E-state index is 0.125. The summed E-state index contributed by atoms with van der Waals surface area (Å²) in [6.07, 6.45) is 3.31. The summed E-state index contributed by atoms with van der Waals surface area (Å²) in [5.41, 5.74) is 3.51. The van der Waals surface area contributed by atoms with Crippen molar-refractivity contribution in [1.29, 1.82) is 0 Å². The summed E-state index contributed by atoms with van der Waals surface area (Å²) < 4.78 is 15.4. The number of aromatic amines is 1. The van der Waals surface area contributed by atoms with Gasteiger partial charge in [0.05, 0.1) is 26.9 Å². The minimum Gasteiger partial charge on any atom is -0.354 e. The molecule has 4 aromatic heterocycles. The number of carbonyl (C=O) groups is 1. The Morgan fingerprint density at radius 3 is 2.66 bits per heavy atom. The highest BCUT2D eigenvalue weighted by Gasteiger charge is 2.21. The molecule has 0 aliphatic heterocycles. The molecule has 9 heteroatoms. The molecular formula is C26H20ClFN4O2S. The Morgan fingerprint density at radius 1 is 1.17 bits per heavy atom. The van der Waals surface area contributed by atoms with Gasteiger partial charge in [0.1, 0.15) is 11.6 Å². The number of amides is 1. The van der Waals surface area contributed by atoms with Crippen LogP contribution in [0.3, 0.4) is 0 Å². The van der Waals surface area contributed by atoms with Gasteiger partial charge in [-0.15, -0.1) is 11.3 Å².